The van der Waals surface area contributed by atoms with E-state index in [2.05, 4.69) is 37.3 Å². The molecule has 2 aliphatic heterocycles. The largest absolute Gasteiger partial charge is 1.00 e. The molecule has 1 aliphatic carbocycles. The van der Waals surface area contributed by atoms with Crippen molar-refractivity contribution in [1.29, 1.82) is 0 Å². The van der Waals surface area contributed by atoms with Gasteiger partial charge in [0, 0.05) is 24.4 Å². The first-order valence-electron chi connectivity index (χ1n) is 15.6. The minimum Gasteiger partial charge on any atom is -0.726 e. The van der Waals surface area contributed by atoms with Gasteiger partial charge in [-0.1, -0.05) is 23.2 Å². The Balaban J connectivity index is 0.00000512. The fourth-order valence-electron chi connectivity index (χ4n) is 5.08. The van der Waals surface area contributed by atoms with Crippen molar-refractivity contribution in [2.24, 2.45) is 4.99 Å². The van der Waals surface area contributed by atoms with Crippen molar-refractivity contribution in [3.8, 4) is 23.0 Å². The second kappa shape index (κ2) is 26.3. The summed E-state index contributed by atoms with van der Waals surface area (Å²) in [4.78, 5) is 6.94. The predicted molar refractivity (Wildman–Crippen MR) is 196 cm³/mol. The van der Waals surface area contributed by atoms with E-state index in [0.29, 0.717) is 0 Å². The number of fused-ring (bicyclic) bond motifs is 4. The van der Waals surface area contributed by atoms with Crippen molar-refractivity contribution in [1.82, 2.24) is 4.98 Å². The number of nitrogens with zero attached hydrogens (tertiary/aromatic N) is 2. The summed E-state index contributed by atoms with van der Waals surface area (Å²) in [5.74, 6) is -3.15. The minimum absolute atomic E-state index is 0. The number of hydrogen-bond donors (Lipinski definition) is 2. The minimum atomic E-state index is -5.32. The maximum Gasteiger partial charge on any atom is 1.00 e. The standard InChI is InChI=1S/C26H26Cl2N4O22S6.4K/c27-20-23-25(53-16-11-15(30-2-4-50-58(40,41)42)18(12-14(16)31-23)55(33,34)7-5-51-59(43,44)45)21(28)24-26(20)54-17-9-13(29-1-3-49-57(37,38)39)10-19(22(17)32-24)56(35,36)8-6-52-60(46,47)48;;;;/h9-12,29,32H,1-8H2,(H,37,38,39)(H,40,41,42)(H,43,44,45)(H,46,47,48);;;;/q;4*+1/p-4. The van der Waals surface area contributed by atoms with Crippen LogP contribution in [0.25, 0.3) is 22.6 Å². The average molecular weight is 1160 g/mol. The van der Waals surface area contributed by atoms with Gasteiger partial charge in [0.1, 0.15) is 32.6 Å². The Kier molecular flexibility index (Phi) is 26.7. The van der Waals surface area contributed by atoms with Gasteiger partial charge in [0.25, 0.3) is 0 Å². The Labute approximate surface area is 545 Å². The molecular formula is C26H22Cl2K4N4O22S6. The fourth-order valence-corrected chi connectivity index (χ4v) is 9.50. The molecule has 332 valence electrons. The van der Waals surface area contributed by atoms with E-state index >= 15 is 0 Å². The van der Waals surface area contributed by atoms with Crippen LogP contribution in [0.5, 0.6) is 11.5 Å². The number of sulfone groups is 2. The molecular weight excluding hydrogens is 1140 g/mol. The topological polar surface area (TPSA) is 406 Å². The zero-order chi connectivity index (χ0) is 44.6. The molecule has 3 aliphatic rings. The molecule has 0 saturated heterocycles. The molecule has 38 heteroatoms. The number of anilines is 3. The quantitative estimate of drug-likeness (QED) is 0.0255. The van der Waals surface area contributed by atoms with E-state index in [4.69, 9.17) is 32.4 Å². The molecule has 5 rings (SSSR count). The van der Waals surface area contributed by atoms with E-state index in [-0.39, 0.29) is 257 Å². The van der Waals surface area contributed by atoms with Gasteiger partial charge in [0.05, 0.1) is 59.6 Å². The van der Waals surface area contributed by atoms with Crippen molar-refractivity contribution >= 4 is 113 Å². The van der Waals surface area contributed by atoms with Gasteiger partial charge >= 0.3 is 206 Å². The van der Waals surface area contributed by atoms with E-state index in [1.165, 1.54) is 6.07 Å². The van der Waals surface area contributed by atoms with E-state index in [1.54, 1.807) is 0 Å². The molecule has 0 bridgehead atoms. The Hall–Kier alpha value is 2.97. The van der Waals surface area contributed by atoms with Crippen LogP contribution in [0.3, 0.4) is 0 Å². The van der Waals surface area contributed by atoms with Crippen LogP contribution < -0.4 is 226 Å². The first-order valence-corrected chi connectivity index (χ1v) is 25.0. The summed E-state index contributed by atoms with van der Waals surface area (Å²) >= 11 is 13.4. The molecule has 2 aromatic rings. The van der Waals surface area contributed by atoms with Crippen molar-refractivity contribution in [3.63, 3.8) is 0 Å². The number of ether oxygens (including phenoxy) is 1. The van der Waals surface area contributed by atoms with Gasteiger partial charge in [-0.3, -0.25) is 21.7 Å². The third kappa shape index (κ3) is 18.8. The van der Waals surface area contributed by atoms with E-state index in [9.17, 15) is 68.7 Å². The Morgan fingerprint density at radius 1 is 0.656 bits per heavy atom. The molecule has 0 saturated carbocycles. The van der Waals surface area contributed by atoms with E-state index in [1.807, 2.05) is 0 Å². The molecule has 0 unspecified atom stereocenters. The molecule has 0 radical (unpaired) electrons. The first-order chi connectivity index (χ1) is 27.5. The number of aromatic nitrogens is 1. The molecule has 2 heterocycles. The summed E-state index contributed by atoms with van der Waals surface area (Å²) in [5.41, 5.74) is -1.68. The number of halogens is 2. The Morgan fingerprint density at radius 3 is 1.72 bits per heavy atom. The summed E-state index contributed by atoms with van der Waals surface area (Å²) in [6.07, 6.45) is 0. The van der Waals surface area contributed by atoms with Crippen LogP contribution in [0.1, 0.15) is 0 Å². The van der Waals surface area contributed by atoms with Gasteiger partial charge in [-0.25, -0.2) is 55.5 Å². The normalized spacial score (nSPS) is 13.2. The summed E-state index contributed by atoms with van der Waals surface area (Å²) < 4.78 is 212. The zero-order valence-electron chi connectivity index (χ0n) is 33.0. The zero-order valence-corrected chi connectivity index (χ0v) is 52.0. The van der Waals surface area contributed by atoms with Gasteiger partial charge < -0.3 is 38.0 Å². The fraction of sp³-hybridized carbons (Fsp3) is 0.308. The van der Waals surface area contributed by atoms with Crippen LogP contribution in [0.2, 0.25) is 10.0 Å². The van der Waals surface area contributed by atoms with E-state index in [0.717, 1.165) is 18.2 Å². The monoisotopic (exact) mass is 1160 g/mol. The molecule has 0 spiro atoms. The Bertz CT molecular complexity index is 3110. The van der Waals surface area contributed by atoms with E-state index < -0.39 is 137 Å². The van der Waals surface area contributed by atoms with Crippen molar-refractivity contribution in [3.05, 3.63) is 39.7 Å². The summed E-state index contributed by atoms with van der Waals surface area (Å²) in [6.45, 7) is -4.86. The summed E-state index contributed by atoms with van der Waals surface area (Å²) in [6, 6.07) is 3.99. The molecule has 0 amide bonds. The van der Waals surface area contributed by atoms with Gasteiger partial charge in [-0.15, -0.1) is 0 Å². The average Bonchev–Trinajstić information content (AvgIpc) is 3.10. The molecule has 26 nitrogen and oxygen atoms in total. The van der Waals surface area contributed by atoms with Crippen LogP contribution in [0.15, 0.2) is 43.5 Å². The maximum absolute atomic E-state index is 13.5. The van der Waals surface area contributed by atoms with Gasteiger partial charge in [0.15, 0.2) is 42.5 Å². The number of nitrogens with one attached hydrogen (secondary N) is 2. The molecule has 64 heavy (non-hydrogen) atoms. The number of rotatable bonds is 19. The number of benzene rings is 3. The van der Waals surface area contributed by atoms with Crippen molar-refractivity contribution in [2.45, 2.75) is 9.79 Å². The van der Waals surface area contributed by atoms with Gasteiger partial charge in [0.2, 0.25) is 41.6 Å². The predicted octanol–water partition coefficient (Wildman–Crippen LogP) is -12.1. The van der Waals surface area contributed by atoms with Crippen LogP contribution in [-0.2, 0) is 78.0 Å². The smallest absolute Gasteiger partial charge is 0.726 e. The maximum atomic E-state index is 13.5. The third-order valence-electron chi connectivity index (χ3n) is 7.37. The SMILES string of the molecule is O=S(=O)([O-])OCCN=c1cc2oc3c(Cl)c4c(c(Cl)c3nc-2cc1S(=O)(=O)CCOS(=O)(=O)[O-])Oc1cc(NCCOS(=O)(=O)[O-])cc(S(=O)(=O)CCOS(=O)(=O)[O-])c1N4.[K+].[K+].[K+].[K+]. The molecule has 0 fully saturated rings. The molecule has 2 aromatic carbocycles. The molecule has 0 aromatic heterocycles. The first kappa shape index (κ1) is 65.0. The number of hydrogen-bond acceptors (Lipinski definition) is 26. The summed E-state index contributed by atoms with van der Waals surface area (Å²) in [7, 11) is -30.2. The van der Waals surface area contributed by atoms with Crippen molar-refractivity contribution in [2.75, 3.05) is 61.7 Å². The second-order valence-corrected chi connectivity index (χ2v) is 20.6. The van der Waals surface area contributed by atoms with Crippen LogP contribution in [0, 0.1) is 0 Å². The Morgan fingerprint density at radius 2 is 1.17 bits per heavy atom. The molecule has 0 atom stereocenters. The van der Waals surface area contributed by atoms with Gasteiger partial charge in [-0.2, -0.15) is 0 Å². The van der Waals surface area contributed by atoms with Crippen LogP contribution in [0.4, 0.5) is 17.1 Å². The van der Waals surface area contributed by atoms with Crippen molar-refractivity contribution < 1.29 is 300 Å². The van der Waals surface area contributed by atoms with Crippen LogP contribution >= 0.6 is 23.2 Å². The summed E-state index contributed by atoms with van der Waals surface area (Å²) in [5, 5.41) is 4.07. The van der Waals surface area contributed by atoms with Gasteiger partial charge in [-0.05, 0) is 12.1 Å². The second-order valence-electron chi connectivity index (χ2n) is 11.5. The molecule has 2 N–H and O–H groups in total. The third-order valence-corrected chi connectivity index (χ3v) is 13.3. The van der Waals surface area contributed by atoms with Crippen LogP contribution in [-0.4, -0.2) is 125 Å².